The van der Waals surface area contributed by atoms with Gasteiger partial charge in [-0.05, 0) is 26.2 Å². The van der Waals surface area contributed by atoms with Crippen LogP contribution in [0, 0.1) is 6.92 Å². The topological polar surface area (TPSA) is 70.1 Å². The Balaban J connectivity index is 2.77. The van der Waals surface area contributed by atoms with Gasteiger partial charge in [0, 0.05) is 25.1 Å². The van der Waals surface area contributed by atoms with Crippen molar-refractivity contribution in [2.24, 2.45) is 0 Å². The third kappa shape index (κ3) is 4.96. The van der Waals surface area contributed by atoms with E-state index in [1.54, 1.807) is 0 Å². The average molecular weight is 280 g/mol. The van der Waals surface area contributed by atoms with Gasteiger partial charge in [-0.2, -0.15) is 0 Å². The van der Waals surface area contributed by atoms with Crippen molar-refractivity contribution in [1.82, 2.24) is 9.97 Å². The van der Waals surface area contributed by atoms with Crippen molar-refractivity contribution in [3.05, 3.63) is 11.4 Å². The minimum atomic E-state index is -0.243. The highest BCUT2D eigenvalue weighted by Crippen LogP contribution is 2.20. The van der Waals surface area contributed by atoms with Crippen molar-refractivity contribution < 1.29 is 5.11 Å². The summed E-state index contributed by atoms with van der Waals surface area (Å²) in [6.45, 7) is 9.84. The molecule has 0 radical (unpaired) electrons. The normalized spacial score (nSPS) is 12.2. The fourth-order valence-electron chi connectivity index (χ4n) is 1.87. The number of aliphatic hydroxyl groups excluding tert-OH is 1. The minimum Gasteiger partial charge on any atom is -0.393 e. The number of anilines is 2. The number of aromatic nitrogens is 2. The van der Waals surface area contributed by atoms with Gasteiger partial charge < -0.3 is 15.7 Å². The van der Waals surface area contributed by atoms with Crippen molar-refractivity contribution in [1.29, 1.82) is 0 Å². The molecule has 0 bridgehead atoms. The lowest BCUT2D eigenvalue weighted by molar-refractivity contribution is 0.164. The second kappa shape index (κ2) is 8.74. The van der Waals surface area contributed by atoms with Crippen molar-refractivity contribution in [2.45, 2.75) is 59.5 Å². The Hall–Kier alpha value is -1.36. The first-order chi connectivity index (χ1) is 9.62. The quantitative estimate of drug-likeness (QED) is 0.649. The lowest BCUT2D eigenvalue weighted by atomic mass is 10.2. The van der Waals surface area contributed by atoms with Gasteiger partial charge >= 0.3 is 0 Å². The van der Waals surface area contributed by atoms with Gasteiger partial charge in [0.15, 0.2) is 0 Å². The molecule has 1 rings (SSSR count). The fourth-order valence-corrected chi connectivity index (χ4v) is 1.87. The maximum atomic E-state index is 9.59. The molecule has 5 nitrogen and oxygen atoms in total. The van der Waals surface area contributed by atoms with Crippen LogP contribution in [0.2, 0.25) is 0 Å². The van der Waals surface area contributed by atoms with Crippen LogP contribution < -0.4 is 10.6 Å². The van der Waals surface area contributed by atoms with Crippen LogP contribution in [0.1, 0.15) is 51.4 Å². The monoisotopic (exact) mass is 280 g/mol. The summed E-state index contributed by atoms with van der Waals surface area (Å²) >= 11 is 0. The lowest BCUT2D eigenvalue weighted by Gasteiger charge is -2.15. The van der Waals surface area contributed by atoms with Gasteiger partial charge in [-0.1, -0.05) is 20.8 Å². The van der Waals surface area contributed by atoms with E-state index < -0.39 is 0 Å². The zero-order valence-corrected chi connectivity index (χ0v) is 13.2. The highest BCUT2D eigenvalue weighted by atomic mass is 16.3. The second-order valence-corrected chi connectivity index (χ2v) is 5.02. The first-order valence-electron chi connectivity index (χ1n) is 7.65. The summed E-state index contributed by atoms with van der Waals surface area (Å²) in [5.41, 5.74) is 1.04. The van der Waals surface area contributed by atoms with E-state index in [9.17, 15) is 5.11 Å². The predicted molar refractivity (Wildman–Crippen MR) is 84.3 cm³/mol. The van der Waals surface area contributed by atoms with Crippen LogP contribution in [0.4, 0.5) is 11.6 Å². The van der Waals surface area contributed by atoms with Crippen molar-refractivity contribution in [3.8, 4) is 0 Å². The molecule has 0 saturated carbocycles. The molecule has 0 spiro atoms. The van der Waals surface area contributed by atoms with Crippen LogP contribution in [0.15, 0.2) is 0 Å². The van der Waals surface area contributed by atoms with E-state index in [4.69, 9.17) is 0 Å². The summed E-state index contributed by atoms with van der Waals surface area (Å²) in [5.74, 6) is 2.63. The number of hydrogen-bond acceptors (Lipinski definition) is 5. The molecule has 20 heavy (non-hydrogen) atoms. The Morgan fingerprint density at radius 2 is 1.65 bits per heavy atom. The highest BCUT2D eigenvalue weighted by Gasteiger charge is 2.10. The summed E-state index contributed by atoms with van der Waals surface area (Å²) < 4.78 is 0. The molecule has 114 valence electrons. The molecule has 1 heterocycles. The van der Waals surface area contributed by atoms with Gasteiger partial charge in [-0.3, -0.25) is 0 Å². The minimum absolute atomic E-state index is 0.243. The Bertz CT molecular complexity index is 409. The highest BCUT2D eigenvalue weighted by molar-refractivity contribution is 5.57. The van der Waals surface area contributed by atoms with Gasteiger partial charge in [0.05, 0.1) is 6.10 Å². The van der Waals surface area contributed by atoms with Gasteiger partial charge in [-0.15, -0.1) is 0 Å². The fraction of sp³-hybridized carbons (Fsp3) is 0.733. The van der Waals surface area contributed by atoms with Crippen molar-refractivity contribution in [3.63, 3.8) is 0 Å². The largest absolute Gasteiger partial charge is 0.393 e. The molecule has 5 heteroatoms. The molecule has 1 aromatic rings. The van der Waals surface area contributed by atoms with E-state index >= 15 is 0 Å². The van der Waals surface area contributed by atoms with Gasteiger partial charge in [0.25, 0.3) is 0 Å². The van der Waals surface area contributed by atoms with E-state index in [2.05, 4.69) is 34.4 Å². The van der Waals surface area contributed by atoms with Crippen molar-refractivity contribution >= 4 is 11.6 Å². The lowest BCUT2D eigenvalue weighted by Crippen LogP contribution is -2.15. The number of hydrogen-bond donors (Lipinski definition) is 3. The Kier molecular flexibility index (Phi) is 7.30. The third-order valence-electron chi connectivity index (χ3n) is 3.29. The molecule has 0 aliphatic heterocycles. The molecule has 1 atom stereocenters. The molecule has 0 fully saturated rings. The van der Waals surface area contributed by atoms with E-state index in [1.807, 2.05) is 13.8 Å². The van der Waals surface area contributed by atoms with Gasteiger partial charge in [0.2, 0.25) is 0 Å². The van der Waals surface area contributed by atoms with Crippen LogP contribution in [0.5, 0.6) is 0 Å². The van der Waals surface area contributed by atoms with Crippen LogP contribution in [0.3, 0.4) is 0 Å². The molecule has 3 N–H and O–H groups in total. The van der Waals surface area contributed by atoms with Crippen LogP contribution >= 0.6 is 0 Å². The average Bonchev–Trinajstić information content (AvgIpc) is 2.47. The molecule has 1 aromatic heterocycles. The summed E-state index contributed by atoms with van der Waals surface area (Å²) in [5, 5.41) is 16.3. The summed E-state index contributed by atoms with van der Waals surface area (Å²) in [6, 6.07) is 0. The molecule has 0 aliphatic carbocycles. The van der Waals surface area contributed by atoms with Gasteiger partial charge in [-0.25, -0.2) is 9.97 Å². The van der Waals surface area contributed by atoms with E-state index in [0.717, 1.165) is 61.8 Å². The summed E-state index contributed by atoms with van der Waals surface area (Å²) in [7, 11) is 0. The van der Waals surface area contributed by atoms with E-state index in [1.165, 1.54) is 0 Å². The Labute approximate surface area is 122 Å². The number of aryl methyl sites for hydroxylation is 1. The van der Waals surface area contributed by atoms with Crippen LogP contribution in [-0.2, 0) is 6.42 Å². The van der Waals surface area contributed by atoms with Crippen molar-refractivity contribution in [2.75, 3.05) is 23.7 Å². The number of nitrogens with one attached hydrogen (secondary N) is 2. The smallest absolute Gasteiger partial charge is 0.134 e. The maximum Gasteiger partial charge on any atom is 0.134 e. The first kappa shape index (κ1) is 16.7. The zero-order chi connectivity index (χ0) is 15.0. The van der Waals surface area contributed by atoms with Crippen LogP contribution in [0.25, 0.3) is 0 Å². The van der Waals surface area contributed by atoms with Crippen LogP contribution in [-0.4, -0.2) is 34.3 Å². The Morgan fingerprint density at radius 1 is 1.05 bits per heavy atom. The maximum absolute atomic E-state index is 9.59. The number of rotatable bonds is 9. The molecule has 0 amide bonds. The molecular formula is C15H28N4O. The van der Waals surface area contributed by atoms with E-state index in [0.29, 0.717) is 0 Å². The molecule has 0 aliphatic rings. The Morgan fingerprint density at radius 3 is 2.15 bits per heavy atom. The standard InChI is InChI=1S/C15H28N4O/c1-5-9-16-14-11(4)15(19-13(7-3)18-14)17-10-8-12(20)6-2/h12,20H,5-10H2,1-4H3,(H2,16,17,18,19). The SMILES string of the molecule is CCCNc1nc(CC)nc(NCCC(O)CC)c1C. The molecule has 1 unspecified atom stereocenters. The number of nitrogens with zero attached hydrogens (tertiary/aromatic N) is 2. The first-order valence-corrected chi connectivity index (χ1v) is 7.65. The molecular weight excluding hydrogens is 252 g/mol. The molecule has 0 saturated heterocycles. The van der Waals surface area contributed by atoms with Gasteiger partial charge in [0.1, 0.15) is 17.5 Å². The van der Waals surface area contributed by atoms with E-state index in [-0.39, 0.29) is 6.10 Å². The third-order valence-corrected chi connectivity index (χ3v) is 3.29. The summed E-state index contributed by atoms with van der Waals surface area (Å²) in [6.07, 6.45) is 3.16. The number of aliphatic hydroxyl groups is 1. The molecule has 0 aromatic carbocycles. The summed E-state index contributed by atoms with van der Waals surface area (Å²) in [4.78, 5) is 9.08. The second-order valence-electron chi connectivity index (χ2n) is 5.02. The predicted octanol–water partition coefficient (Wildman–Crippen LogP) is 2.74. The zero-order valence-electron chi connectivity index (χ0n) is 13.2.